The van der Waals surface area contributed by atoms with E-state index in [0.717, 1.165) is 6.61 Å². The fourth-order valence-corrected chi connectivity index (χ4v) is 1.51. The van der Waals surface area contributed by atoms with Gasteiger partial charge in [0.05, 0.1) is 6.10 Å². The Bertz CT molecular complexity index is 95.2. The van der Waals surface area contributed by atoms with Gasteiger partial charge in [0.1, 0.15) is 0 Å². The normalized spacial score (nSPS) is 19.8. The first kappa shape index (κ1) is 10.0. The van der Waals surface area contributed by atoms with Crippen molar-refractivity contribution in [1.82, 2.24) is 0 Å². The van der Waals surface area contributed by atoms with Crippen molar-refractivity contribution in [1.29, 1.82) is 0 Å². The largest absolute Gasteiger partial charge is 0.372 e. The Kier molecular flexibility index (Phi) is 5.42. The highest BCUT2D eigenvalue weighted by Gasteiger charge is 2.14. The van der Waals surface area contributed by atoms with Crippen LogP contribution in [0.4, 0.5) is 0 Å². The highest BCUT2D eigenvalue weighted by atomic mass is 16.5. The standard InChI is InChI=1S/C11H20O/c1-2-3-7-10-12-11-8-5-4-6-9-11/h4H,2-3,5-10H2,1H3. The van der Waals surface area contributed by atoms with Crippen LogP contribution in [0.25, 0.3) is 0 Å². The van der Waals surface area contributed by atoms with Crippen LogP contribution in [0.2, 0.25) is 0 Å². The highest BCUT2D eigenvalue weighted by Crippen LogP contribution is 2.25. The van der Waals surface area contributed by atoms with Crippen LogP contribution in [0.5, 0.6) is 0 Å². The molecule has 0 saturated heterocycles. The van der Waals surface area contributed by atoms with Crippen molar-refractivity contribution in [2.24, 2.45) is 0 Å². The number of hydrogen-bond acceptors (Lipinski definition) is 1. The lowest BCUT2D eigenvalue weighted by molar-refractivity contribution is 0.116. The van der Waals surface area contributed by atoms with E-state index in [0.29, 0.717) is 0 Å². The van der Waals surface area contributed by atoms with E-state index < -0.39 is 0 Å². The average molecular weight is 168 g/mol. The summed E-state index contributed by atoms with van der Waals surface area (Å²) in [6.45, 7) is 3.17. The average Bonchev–Trinajstić information content (AvgIpc) is 2.14. The van der Waals surface area contributed by atoms with Crippen molar-refractivity contribution < 1.29 is 4.74 Å². The number of rotatable bonds is 5. The van der Waals surface area contributed by atoms with Gasteiger partial charge in [0.25, 0.3) is 0 Å². The molecule has 0 spiro atoms. The molecule has 0 unspecified atom stereocenters. The molecular weight excluding hydrogens is 148 g/mol. The first-order chi connectivity index (χ1) is 5.93. The van der Waals surface area contributed by atoms with Crippen molar-refractivity contribution in [2.75, 3.05) is 6.61 Å². The molecule has 0 amide bonds. The summed E-state index contributed by atoms with van der Waals surface area (Å²) in [6, 6.07) is 0. The van der Waals surface area contributed by atoms with Crippen LogP contribution in [0.15, 0.2) is 0 Å². The van der Waals surface area contributed by atoms with Crippen LogP contribution in [0.3, 0.4) is 0 Å². The van der Waals surface area contributed by atoms with E-state index in [2.05, 4.69) is 13.3 Å². The Morgan fingerprint density at radius 1 is 1.25 bits per heavy atom. The van der Waals surface area contributed by atoms with Gasteiger partial charge in [-0.2, -0.15) is 0 Å². The Morgan fingerprint density at radius 3 is 2.67 bits per heavy atom. The maximum atomic E-state index is 5.68. The lowest BCUT2D eigenvalue weighted by atomic mass is 9.98. The van der Waals surface area contributed by atoms with E-state index >= 15 is 0 Å². The van der Waals surface area contributed by atoms with Gasteiger partial charge >= 0.3 is 0 Å². The van der Waals surface area contributed by atoms with Gasteiger partial charge in [0, 0.05) is 6.61 Å². The minimum absolute atomic E-state index is 0.948. The first-order valence-corrected chi connectivity index (χ1v) is 5.22. The number of hydrogen-bond donors (Lipinski definition) is 0. The Hall–Kier alpha value is -0.0400. The van der Waals surface area contributed by atoms with Crippen molar-refractivity contribution >= 4 is 0 Å². The maximum Gasteiger partial charge on any atom is 0.0970 e. The molecule has 1 rings (SSSR count). The molecule has 0 aromatic heterocycles. The molecule has 0 aliphatic heterocycles. The van der Waals surface area contributed by atoms with Gasteiger partial charge in [-0.1, -0.05) is 19.8 Å². The SMILES string of the molecule is CCCCCO[C]1CC[CH]CC1. The summed E-state index contributed by atoms with van der Waals surface area (Å²) >= 11 is 0. The Morgan fingerprint density at radius 2 is 2.00 bits per heavy atom. The molecule has 70 valence electrons. The van der Waals surface area contributed by atoms with Crippen molar-refractivity contribution in [3.63, 3.8) is 0 Å². The fourth-order valence-electron chi connectivity index (χ4n) is 1.51. The van der Waals surface area contributed by atoms with Crippen LogP contribution in [-0.4, -0.2) is 6.61 Å². The minimum atomic E-state index is 0.948. The second-order valence-corrected chi connectivity index (χ2v) is 3.46. The van der Waals surface area contributed by atoms with E-state index in [1.165, 1.54) is 51.0 Å². The van der Waals surface area contributed by atoms with Crippen LogP contribution in [0.1, 0.15) is 51.9 Å². The summed E-state index contributed by atoms with van der Waals surface area (Å²) in [5.74, 6) is 0. The summed E-state index contributed by atoms with van der Waals surface area (Å²) in [4.78, 5) is 0. The fraction of sp³-hybridized carbons (Fsp3) is 0.818. The molecule has 1 aliphatic rings. The number of unbranched alkanes of at least 4 members (excludes halogenated alkanes) is 2. The van der Waals surface area contributed by atoms with Gasteiger partial charge in [0.15, 0.2) is 0 Å². The molecule has 0 N–H and O–H groups in total. The monoisotopic (exact) mass is 168 g/mol. The highest BCUT2D eigenvalue weighted by molar-refractivity contribution is 4.89. The van der Waals surface area contributed by atoms with E-state index in [-0.39, 0.29) is 0 Å². The lowest BCUT2D eigenvalue weighted by Gasteiger charge is -2.20. The van der Waals surface area contributed by atoms with Crippen molar-refractivity contribution in [2.45, 2.75) is 51.9 Å². The predicted octanol–water partition coefficient (Wildman–Crippen LogP) is 3.50. The molecule has 0 aromatic rings. The number of ether oxygens (including phenoxy) is 1. The van der Waals surface area contributed by atoms with Crippen molar-refractivity contribution in [3.8, 4) is 0 Å². The second-order valence-electron chi connectivity index (χ2n) is 3.46. The molecular formula is C11H20O. The molecule has 0 heterocycles. The summed E-state index contributed by atoms with van der Waals surface area (Å²) in [5, 5.41) is 0. The van der Waals surface area contributed by atoms with Gasteiger partial charge in [-0.15, -0.1) is 0 Å². The van der Waals surface area contributed by atoms with E-state index in [1.54, 1.807) is 0 Å². The van der Waals surface area contributed by atoms with E-state index in [9.17, 15) is 0 Å². The predicted molar refractivity (Wildman–Crippen MR) is 51.5 cm³/mol. The van der Waals surface area contributed by atoms with E-state index in [1.807, 2.05) is 0 Å². The van der Waals surface area contributed by atoms with Gasteiger partial charge in [0.2, 0.25) is 0 Å². The van der Waals surface area contributed by atoms with E-state index in [4.69, 9.17) is 4.74 Å². The maximum absolute atomic E-state index is 5.68. The third kappa shape index (κ3) is 4.10. The van der Waals surface area contributed by atoms with Gasteiger partial charge in [-0.05, 0) is 38.5 Å². The lowest BCUT2D eigenvalue weighted by Crippen LogP contribution is -2.09. The van der Waals surface area contributed by atoms with Crippen LogP contribution < -0.4 is 0 Å². The molecule has 2 radical (unpaired) electrons. The summed E-state index contributed by atoms with van der Waals surface area (Å²) in [6.07, 6.45) is 12.3. The molecule has 1 nitrogen and oxygen atoms in total. The smallest absolute Gasteiger partial charge is 0.0970 e. The Balaban J connectivity index is 1.91. The molecule has 12 heavy (non-hydrogen) atoms. The zero-order chi connectivity index (χ0) is 8.65. The van der Waals surface area contributed by atoms with Crippen LogP contribution in [-0.2, 0) is 4.74 Å². The molecule has 1 saturated carbocycles. The molecule has 0 bridgehead atoms. The third-order valence-electron chi connectivity index (χ3n) is 2.31. The molecule has 0 aromatic carbocycles. The molecule has 1 fully saturated rings. The first-order valence-electron chi connectivity index (χ1n) is 5.22. The summed E-state index contributed by atoms with van der Waals surface area (Å²) < 4.78 is 5.68. The van der Waals surface area contributed by atoms with Gasteiger partial charge < -0.3 is 4.74 Å². The zero-order valence-electron chi connectivity index (χ0n) is 8.14. The summed E-state index contributed by atoms with van der Waals surface area (Å²) in [5.41, 5.74) is 0. The second kappa shape index (κ2) is 6.47. The minimum Gasteiger partial charge on any atom is -0.372 e. The Labute approximate surface area is 76.5 Å². The summed E-state index contributed by atoms with van der Waals surface area (Å²) in [7, 11) is 0. The molecule has 1 aliphatic carbocycles. The van der Waals surface area contributed by atoms with Crippen LogP contribution in [0, 0.1) is 12.5 Å². The topological polar surface area (TPSA) is 9.23 Å². The van der Waals surface area contributed by atoms with Gasteiger partial charge in [-0.3, -0.25) is 0 Å². The van der Waals surface area contributed by atoms with Crippen molar-refractivity contribution in [3.05, 3.63) is 12.5 Å². The van der Waals surface area contributed by atoms with Crippen LogP contribution >= 0.6 is 0 Å². The quantitative estimate of drug-likeness (QED) is 0.571. The molecule has 0 atom stereocenters. The molecule has 1 heteroatoms. The zero-order valence-corrected chi connectivity index (χ0v) is 8.14. The van der Waals surface area contributed by atoms with Gasteiger partial charge in [-0.25, -0.2) is 0 Å². The third-order valence-corrected chi connectivity index (χ3v) is 2.31.